The maximum Gasteiger partial charge on any atom is 0.0912 e. The number of rotatable bonds is 9. The van der Waals surface area contributed by atoms with E-state index >= 15 is 0 Å². The Morgan fingerprint density at radius 1 is 1.04 bits per heavy atom. The number of hydrogen-bond acceptors (Lipinski definition) is 1. The van der Waals surface area contributed by atoms with Gasteiger partial charge in [-0.2, -0.15) is 0 Å². The Bertz CT molecular complexity index is 581. The van der Waals surface area contributed by atoms with Crippen molar-refractivity contribution in [2.75, 3.05) is 0 Å². The molecule has 3 rings (SSSR count). The van der Waals surface area contributed by atoms with Gasteiger partial charge in [0.05, 0.1) is 11.6 Å². The highest BCUT2D eigenvalue weighted by Crippen LogP contribution is 2.61. The van der Waals surface area contributed by atoms with E-state index in [1.54, 1.807) is 0 Å². The van der Waals surface area contributed by atoms with Crippen LogP contribution < -0.4 is 0 Å². The molecule has 0 N–H and O–H groups in total. The van der Waals surface area contributed by atoms with Crippen molar-refractivity contribution in [2.45, 2.75) is 96.2 Å². The lowest BCUT2D eigenvalue weighted by atomic mass is 9.68. The van der Waals surface area contributed by atoms with E-state index in [1.807, 2.05) is 0 Å². The molecule has 1 spiro atoms. The van der Waals surface area contributed by atoms with E-state index in [-0.39, 0.29) is 0 Å². The molecule has 25 heavy (non-hydrogen) atoms. The highest BCUT2D eigenvalue weighted by atomic mass is 15.4. The van der Waals surface area contributed by atoms with Gasteiger partial charge in [-0.25, -0.2) is 0 Å². The molecule has 1 aromatic rings. The Labute approximate surface area is 155 Å². The van der Waals surface area contributed by atoms with E-state index in [1.165, 1.54) is 63.4 Å². The van der Waals surface area contributed by atoms with Gasteiger partial charge in [0, 0.05) is 13.0 Å². The maximum absolute atomic E-state index is 3.64. The molecule has 1 aromatic carbocycles. The zero-order valence-corrected chi connectivity index (χ0v) is 16.3. The van der Waals surface area contributed by atoms with E-state index in [9.17, 15) is 0 Å². The predicted octanol–water partition coefficient (Wildman–Crippen LogP) is 6.18. The molecule has 1 saturated heterocycles. The molecule has 136 valence electrons. The average Bonchev–Trinajstić information content (AvgIpc) is 3.27. The zero-order valence-electron chi connectivity index (χ0n) is 16.3. The molecule has 1 heterocycles. The molecule has 1 aliphatic carbocycles. The van der Waals surface area contributed by atoms with Crippen LogP contribution >= 0.6 is 0 Å². The van der Waals surface area contributed by atoms with Gasteiger partial charge in [-0.3, -0.25) is 4.90 Å². The first-order valence-corrected chi connectivity index (χ1v) is 10.6. The molecule has 0 bridgehead atoms. The van der Waals surface area contributed by atoms with Crippen molar-refractivity contribution in [3.05, 3.63) is 35.9 Å². The molecule has 2 fully saturated rings. The number of nitrogens with zero attached hydrogens (tertiary/aromatic N) is 1. The summed E-state index contributed by atoms with van der Waals surface area (Å²) in [7, 11) is 0. The summed E-state index contributed by atoms with van der Waals surface area (Å²) < 4.78 is 0. The Kier molecular flexibility index (Phi) is 6.60. The van der Waals surface area contributed by atoms with Crippen LogP contribution in [0.25, 0.3) is 0 Å². The Hall–Kier alpha value is -1.26. The van der Waals surface area contributed by atoms with E-state index in [4.69, 9.17) is 0 Å². The van der Waals surface area contributed by atoms with Crippen molar-refractivity contribution in [3.8, 4) is 11.8 Å². The minimum atomic E-state index is 0.432. The van der Waals surface area contributed by atoms with Crippen LogP contribution in [-0.2, 0) is 6.54 Å². The van der Waals surface area contributed by atoms with Gasteiger partial charge in [-0.1, -0.05) is 82.2 Å². The molecule has 0 amide bonds. The molecule has 2 aliphatic rings. The maximum atomic E-state index is 3.64. The molecule has 4 atom stereocenters. The molecule has 1 nitrogen and oxygen atoms in total. The van der Waals surface area contributed by atoms with Gasteiger partial charge in [0.2, 0.25) is 0 Å². The Morgan fingerprint density at radius 2 is 1.84 bits per heavy atom. The van der Waals surface area contributed by atoms with Crippen molar-refractivity contribution in [1.82, 2.24) is 4.90 Å². The monoisotopic (exact) mass is 337 g/mol. The molecule has 0 aromatic heterocycles. The number of benzene rings is 1. The lowest BCUT2D eigenvalue weighted by Crippen LogP contribution is -2.40. The summed E-state index contributed by atoms with van der Waals surface area (Å²) in [6.45, 7) is 5.60. The minimum Gasteiger partial charge on any atom is -0.275 e. The third-order valence-corrected chi connectivity index (χ3v) is 6.32. The summed E-state index contributed by atoms with van der Waals surface area (Å²) in [5.74, 6) is 7.97. The van der Waals surface area contributed by atoms with Gasteiger partial charge in [-0.05, 0) is 37.2 Å². The fourth-order valence-corrected chi connectivity index (χ4v) is 4.69. The van der Waals surface area contributed by atoms with Crippen LogP contribution in [0.3, 0.4) is 0 Å². The zero-order chi connectivity index (χ0) is 17.5. The number of unbranched alkanes of at least 4 members (excludes halogenated alkanes) is 5. The van der Waals surface area contributed by atoms with Crippen LogP contribution in [0, 0.1) is 17.8 Å². The van der Waals surface area contributed by atoms with Crippen molar-refractivity contribution in [3.63, 3.8) is 0 Å². The third-order valence-electron chi connectivity index (χ3n) is 6.32. The van der Waals surface area contributed by atoms with Crippen molar-refractivity contribution in [2.24, 2.45) is 5.92 Å². The molecule has 1 unspecified atom stereocenters. The highest BCUT2D eigenvalue weighted by molar-refractivity contribution is 5.36. The summed E-state index contributed by atoms with van der Waals surface area (Å²) in [4.78, 5) is 2.71. The van der Waals surface area contributed by atoms with Crippen LogP contribution in [0.5, 0.6) is 0 Å². The van der Waals surface area contributed by atoms with Gasteiger partial charge >= 0.3 is 0 Å². The van der Waals surface area contributed by atoms with Gasteiger partial charge < -0.3 is 0 Å². The molecular weight excluding hydrogens is 302 g/mol. The first-order valence-electron chi connectivity index (χ1n) is 10.6. The topological polar surface area (TPSA) is 3.01 Å². The molecule has 0 radical (unpaired) electrons. The SMILES string of the molecule is CCCC#C[C@H]1N(Cc2ccccc2)[C@@]12CC[C@@H]2CCCCCCC. The summed E-state index contributed by atoms with van der Waals surface area (Å²) >= 11 is 0. The molecular formula is C24H35N. The van der Waals surface area contributed by atoms with Crippen molar-refractivity contribution < 1.29 is 0 Å². The fourth-order valence-electron chi connectivity index (χ4n) is 4.69. The van der Waals surface area contributed by atoms with Gasteiger partial charge in [-0.15, -0.1) is 5.92 Å². The largest absolute Gasteiger partial charge is 0.275 e. The lowest BCUT2D eigenvalue weighted by Gasteiger charge is -2.38. The van der Waals surface area contributed by atoms with Crippen molar-refractivity contribution in [1.29, 1.82) is 0 Å². The van der Waals surface area contributed by atoms with Gasteiger partial charge in [0.25, 0.3) is 0 Å². The summed E-state index contributed by atoms with van der Waals surface area (Å²) in [6, 6.07) is 11.5. The fraction of sp³-hybridized carbons (Fsp3) is 0.667. The van der Waals surface area contributed by atoms with E-state index in [0.717, 1.165) is 18.9 Å². The van der Waals surface area contributed by atoms with Crippen LogP contribution in [0.1, 0.15) is 83.6 Å². The molecule has 1 heteroatoms. The van der Waals surface area contributed by atoms with Crippen LogP contribution in [-0.4, -0.2) is 16.5 Å². The second-order valence-corrected chi connectivity index (χ2v) is 8.02. The summed E-state index contributed by atoms with van der Waals surface area (Å²) in [6.07, 6.45) is 13.4. The van der Waals surface area contributed by atoms with Crippen LogP contribution in [0.2, 0.25) is 0 Å². The third kappa shape index (κ3) is 4.12. The predicted molar refractivity (Wildman–Crippen MR) is 107 cm³/mol. The highest BCUT2D eigenvalue weighted by Gasteiger charge is 2.69. The van der Waals surface area contributed by atoms with E-state index in [0.29, 0.717) is 11.6 Å². The van der Waals surface area contributed by atoms with Gasteiger partial charge in [0.15, 0.2) is 0 Å². The summed E-state index contributed by atoms with van der Waals surface area (Å²) in [5, 5.41) is 0. The normalized spacial score (nSPS) is 29.8. The molecule has 1 saturated carbocycles. The summed E-state index contributed by atoms with van der Waals surface area (Å²) in [5.41, 5.74) is 1.87. The second kappa shape index (κ2) is 8.91. The molecule has 1 aliphatic heterocycles. The minimum absolute atomic E-state index is 0.432. The average molecular weight is 338 g/mol. The van der Waals surface area contributed by atoms with Crippen molar-refractivity contribution >= 4 is 0 Å². The standard InChI is InChI=1S/C24H35N/c1-3-5-7-8-13-16-22-18-19-24(22)23(17-10-6-4-2)25(24)20-21-14-11-9-12-15-21/h9,11-12,14-15,22-23H,3-8,13,16,18-20H2,1-2H3/t22-,23+,24+,25?/m0/s1. The first-order chi connectivity index (χ1) is 12.3. The quantitative estimate of drug-likeness (QED) is 0.295. The first kappa shape index (κ1) is 18.5. The van der Waals surface area contributed by atoms with Gasteiger partial charge in [0.1, 0.15) is 0 Å². The smallest absolute Gasteiger partial charge is 0.0912 e. The lowest BCUT2D eigenvalue weighted by molar-refractivity contribution is 0.144. The second-order valence-electron chi connectivity index (χ2n) is 8.02. The van der Waals surface area contributed by atoms with Crippen LogP contribution in [0.4, 0.5) is 0 Å². The van der Waals surface area contributed by atoms with E-state index in [2.05, 4.69) is 60.9 Å². The number of hydrogen-bond donors (Lipinski definition) is 0. The Morgan fingerprint density at radius 3 is 2.52 bits per heavy atom. The van der Waals surface area contributed by atoms with E-state index < -0.39 is 0 Å². The van der Waals surface area contributed by atoms with Crippen LogP contribution in [0.15, 0.2) is 30.3 Å². The Balaban J connectivity index is 1.59.